The molecule has 3 aliphatic rings. The molecule has 56 heavy (non-hydrogen) atoms. The smallest absolute Gasteiger partial charge is 0.320 e. The molecule has 2 fully saturated rings. The Morgan fingerprint density at radius 1 is 0.964 bits per heavy atom. The molecule has 6 N–H and O–H groups in total. The molecule has 1 aliphatic carbocycles. The molecule has 2 aromatic carbocycles. The molecule has 0 bridgehead atoms. The number of fused-ring (bicyclic) bond motifs is 1. The number of amides is 2. The molecule has 300 valence electrons. The Balaban J connectivity index is 1.13. The molecule has 2 aliphatic heterocycles. The monoisotopic (exact) mass is 764 g/mol. The Labute approximate surface area is 331 Å². The number of pyridine rings is 1. The van der Waals surface area contributed by atoms with E-state index in [2.05, 4.69) is 39.3 Å². The number of piperazine rings is 1. The average Bonchev–Trinajstić information content (AvgIpc) is 3.17. The van der Waals surface area contributed by atoms with E-state index in [1.54, 1.807) is 29.0 Å². The fraction of sp³-hybridized carbons (Fsp3) is 0.488. The van der Waals surface area contributed by atoms with E-state index in [0.29, 0.717) is 54.1 Å². The van der Waals surface area contributed by atoms with Crippen molar-refractivity contribution in [3.8, 4) is 11.5 Å². The van der Waals surface area contributed by atoms with Crippen molar-refractivity contribution in [1.82, 2.24) is 29.9 Å². The van der Waals surface area contributed by atoms with Crippen molar-refractivity contribution in [2.75, 3.05) is 52.9 Å². The molecular weight excluding hydrogens is 705 g/mol. The van der Waals surface area contributed by atoms with Gasteiger partial charge in [0.1, 0.15) is 35.5 Å². The van der Waals surface area contributed by atoms with E-state index in [0.717, 1.165) is 69.7 Å². The second kappa shape index (κ2) is 18.2. The summed E-state index contributed by atoms with van der Waals surface area (Å²) in [4.78, 5) is 25.3. The number of amidine groups is 1. The predicted octanol–water partition coefficient (Wildman–Crippen LogP) is 6.12. The minimum Gasteiger partial charge on any atom is -0.492 e. The van der Waals surface area contributed by atoms with Gasteiger partial charge in [0, 0.05) is 68.6 Å². The van der Waals surface area contributed by atoms with Crippen molar-refractivity contribution >= 4 is 23.5 Å². The summed E-state index contributed by atoms with van der Waals surface area (Å²) in [5.41, 5.74) is 9.58. The van der Waals surface area contributed by atoms with Gasteiger partial charge in [-0.3, -0.25) is 25.6 Å². The van der Waals surface area contributed by atoms with Crippen LogP contribution in [-0.4, -0.2) is 96.1 Å². The first-order valence-electron chi connectivity index (χ1n) is 20.0. The molecule has 3 aromatic rings. The van der Waals surface area contributed by atoms with Gasteiger partial charge in [-0.05, 0) is 81.5 Å². The highest BCUT2D eigenvalue weighted by Crippen LogP contribution is 2.38. The highest BCUT2D eigenvalue weighted by atomic mass is 16.5. The lowest BCUT2D eigenvalue weighted by Gasteiger charge is -2.36. The molecule has 2 saturated heterocycles. The van der Waals surface area contributed by atoms with Crippen LogP contribution in [0.3, 0.4) is 0 Å². The zero-order chi connectivity index (χ0) is 39.8. The second-order valence-electron chi connectivity index (χ2n) is 16.3. The van der Waals surface area contributed by atoms with Crippen molar-refractivity contribution in [2.24, 2.45) is 16.1 Å². The van der Waals surface area contributed by atoms with E-state index in [4.69, 9.17) is 31.0 Å². The number of benzene rings is 2. The minimum absolute atomic E-state index is 0.235. The summed E-state index contributed by atoms with van der Waals surface area (Å²) in [6.07, 6.45) is 7.75. The number of urea groups is 1. The van der Waals surface area contributed by atoms with Gasteiger partial charge in [-0.15, -0.1) is 0 Å². The molecular formula is C43H60N10O3. The van der Waals surface area contributed by atoms with Crippen LogP contribution in [0.4, 0.5) is 10.5 Å². The third-order valence-electron chi connectivity index (χ3n) is 11.0. The fourth-order valence-corrected chi connectivity index (χ4v) is 7.38. The first-order chi connectivity index (χ1) is 26.8. The van der Waals surface area contributed by atoms with Gasteiger partial charge in [0.2, 0.25) is 5.96 Å². The third-order valence-corrected chi connectivity index (χ3v) is 11.0. The summed E-state index contributed by atoms with van der Waals surface area (Å²) in [6.45, 7) is 14.6. The summed E-state index contributed by atoms with van der Waals surface area (Å²) in [5.74, 6) is 1.93. The highest BCUT2D eigenvalue weighted by molar-refractivity contribution is 6.05. The first-order valence-corrected chi connectivity index (χ1v) is 20.0. The number of ether oxygens (including phenoxy) is 2. The molecule has 6 rings (SSSR count). The predicted molar refractivity (Wildman–Crippen MR) is 222 cm³/mol. The number of likely N-dealkylation sites (N-methyl/N-ethyl adjacent to an activating group) is 1. The van der Waals surface area contributed by atoms with Gasteiger partial charge in [0.25, 0.3) is 0 Å². The number of piperidine rings is 1. The van der Waals surface area contributed by atoms with Crippen LogP contribution in [0, 0.1) is 16.2 Å². The number of nitrogens with zero attached hydrogens (tertiary/aromatic N) is 5. The normalized spacial score (nSPS) is 21.2. The van der Waals surface area contributed by atoms with Crippen LogP contribution in [0.15, 0.2) is 83.6 Å². The molecule has 1 unspecified atom stereocenters. The van der Waals surface area contributed by atoms with Crippen molar-refractivity contribution in [1.29, 1.82) is 10.8 Å². The van der Waals surface area contributed by atoms with E-state index >= 15 is 0 Å². The van der Waals surface area contributed by atoms with Gasteiger partial charge in [-0.2, -0.15) is 0 Å². The first kappa shape index (κ1) is 40.5. The summed E-state index contributed by atoms with van der Waals surface area (Å²) < 4.78 is 14.3. The molecule has 2 amide bonds. The van der Waals surface area contributed by atoms with Gasteiger partial charge in [-0.25, -0.2) is 9.79 Å². The quantitative estimate of drug-likeness (QED) is 0.130. The van der Waals surface area contributed by atoms with Crippen molar-refractivity contribution < 1.29 is 14.3 Å². The minimum atomic E-state index is -0.391. The highest BCUT2D eigenvalue weighted by Gasteiger charge is 2.30. The summed E-state index contributed by atoms with van der Waals surface area (Å²) >= 11 is 0. The third kappa shape index (κ3) is 10.6. The molecule has 0 spiro atoms. The van der Waals surface area contributed by atoms with Crippen LogP contribution in [0.25, 0.3) is 0 Å². The molecule has 3 atom stereocenters. The van der Waals surface area contributed by atoms with Gasteiger partial charge in [0.15, 0.2) is 0 Å². The summed E-state index contributed by atoms with van der Waals surface area (Å²) in [6, 6.07) is 18.7. The zero-order valence-electron chi connectivity index (χ0n) is 33.7. The van der Waals surface area contributed by atoms with Crippen molar-refractivity contribution in [3.63, 3.8) is 0 Å². The topological polar surface area (TPSA) is 160 Å². The van der Waals surface area contributed by atoms with E-state index in [9.17, 15) is 4.79 Å². The lowest BCUT2D eigenvalue weighted by Crippen LogP contribution is -2.47. The number of rotatable bonds is 9. The number of aliphatic imine (C=N–C) groups is 1. The van der Waals surface area contributed by atoms with Gasteiger partial charge >= 0.3 is 6.03 Å². The maximum absolute atomic E-state index is 13.7. The van der Waals surface area contributed by atoms with E-state index in [1.807, 2.05) is 69.3 Å². The van der Waals surface area contributed by atoms with Crippen LogP contribution in [0.5, 0.6) is 11.5 Å². The number of hydrogen-bond acceptors (Lipinski definition) is 9. The Bertz CT molecular complexity index is 1960. The SMILES string of the molecule is CC1CCCCN1C(=N)n1cc(O[C@@H]2CC[C@H](NC(=O)NC(/C=C(\N)C(C)(C)C)=Nc3cccc(OCCN4CCN(C)CC4)c3)c3ccccc32)ccc1=N. The van der Waals surface area contributed by atoms with E-state index < -0.39 is 6.03 Å². The van der Waals surface area contributed by atoms with Gasteiger partial charge in [0.05, 0.1) is 17.9 Å². The van der Waals surface area contributed by atoms with E-state index in [-0.39, 0.29) is 29.1 Å². The summed E-state index contributed by atoms with van der Waals surface area (Å²) in [7, 11) is 2.15. The van der Waals surface area contributed by atoms with Crippen LogP contribution >= 0.6 is 0 Å². The number of carbonyl (C=O) groups is 1. The van der Waals surface area contributed by atoms with Crippen LogP contribution in [0.2, 0.25) is 0 Å². The largest absolute Gasteiger partial charge is 0.492 e. The van der Waals surface area contributed by atoms with E-state index in [1.165, 1.54) is 0 Å². The van der Waals surface area contributed by atoms with Crippen molar-refractivity contribution in [3.05, 3.63) is 95.2 Å². The number of carbonyl (C=O) groups excluding carboxylic acids is 1. The number of hydrogen-bond donors (Lipinski definition) is 5. The van der Waals surface area contributed by atoms with Gasteiger partial charge in [-0.1, -0.05) is 51.1 Å². The number of aromatic nitrogens is 1. The molecule has 3 heterocycles. The lowest BCUT2D eigenvalue weighted by molar-refractivity contribution is 0.134. The zero-order valence-corrected chi connectivity index (χ0v) is 33.7. The molecule has 13 heteroatoms. The van der Waals surface area contributed by atoms with Crippen LogP contribution in [0.1, 0.15) is 83.1 Å². The number of likely N-dealkylation sites (tertiary alicyclic amines) is 1. The maximum Gasteiger partial charge on any atom is 0.320 e. The number of allylic oxidation sites excluding steroid dienone is 1. The Hall–Kier alpha value is -5.14. The standard InChI is InChI=1S/C43H60N10O3/c1-30-11-8-9-20-52(30)41(46)53-29-33(16-19-39(53)45)56-37-18-17-36(34-14-6-7-15-35(34)37)48-42(54)49-40(28-38(44)43(2,3)4)47-31-12-10-13-32(27-31)55-26-25-51-23-21-50(5)22-24-51/h6-7,10,12-16,19,27-30,36-37,45-46H,8-9,11,17-18,20-26,44H2,1-5H3,(H2,47,48,49,54)/b38-28-,45-39?,46-41?/t30?,36-,37+/m0/s1. The average molecular weight is 765 g/mol. The van der Waals surface area contributed by atoms with Crippen LogP contribution < -0.4 is 31.3 Å². The maximum atomic E-state index is 13.7. The molecule has 1 aromatic heterocycles. The second-order valence-corrected chi connectivity index (χ2v) is 16.3. The molecule has 0 radical (unpaired) electrons. The van der Waals surface area contributed by atoms with Crippen molar-refractivity contribution in [2.45, 2.75) is 78.0 Å². The molecule has 13 nitrogen and oxygen atoms in total. The van der Waals surface area contributed by atoms with Gasteiger partial charge < -0.3 is 30.3 Å². The summed E-state index contributed by atoms with van der Waals surface area (Å²) in [5, 5.41) is 23.6. The fourth-order valence-electron chi connectivity index (χ4n) is 7.38. The number of nitrogens with two attached hydrogens (primary N) is 1. The Kier molecular flexibility index (Phi) is 13.2. The van der Waals surface area contributed by atoms with Crippen LogP contribution in [-0.2, 0) is 0 Å². The molecule has 0 saturated carbocycles. The Morgan fingerprint density at radius 2 is 1.73 bits per heavy atom. The Morgan fingerprint density at radius 3 is 2.48 bits per heavy atom. The number of nitrogens with one attached hydrogen (secondary N) is 4. The lowest BCUT2D eigenvalue weighted by atomic mass is 9.85.